The number of hydrogen-bond donors (Lipinski definition) is 2. The van der Waals surface area contributed by atoms with Crippen LogP contribution in [0.4, 0.5) is 30.6 Å². The molecule has 4 aromatic carbocycles. The second-order valence-electron chi connectivity index (χ2n) is 20.3. The molecule has 1 aromatic heterocycles. The van der Waals surface area contributed by atoms with E-state index in [1.807, 2.05) is 48.5 Å². The molecule has 0 saturated carbocycles. The predicted octanol–water partition coefficient (Wildman–Crippen LogP) is 10.2. The third-order valence-electron chi connectivity index (χ3n) is 14.8. The highest BCUT2D eigenvalue weighted by Crippen LogP contribution is 2.62. The molecule has 4 fully saturated rings. The molecule has 4 aliphatic heterocycles. The fourth-order valence-electron chi connectivity index (χ4n) is 10.9. The van der Waals surface area contributed by atoms with Crippen LogP contribution in [-0.4, -0.2) is 131 Å². The van der Waals surface area contributed by atoms with Crippen LogP contribution in [-0.2, 0) is 26.4 Å². The number of hydrogen-bond acceptors (Lipinski definition) is 12. The van der Waals surface area contributed by atoms with Gasteiger partial charge in [-0.15, -0.1) is 0 Å². The van der Waals surface area contributed by atoms with Gasteiger partial charge in [-0.05, 0) is 119 Å². The van der Waals surface area contributed by atoms with Crippen molar-refractivity contribution in [1.82, 2.24) is 24.6 Å². The molecule has 74 heavy (non-hydrogen) atoms. The number of aromatic nitrogens is 3. The number of benzene rings is 4. The first-order valence-corrected chi connectivity index (χ1v) is 28.2. The molecule has 0 spiro atoms. The number of halogens is 2. The summed E-state index contributed by atoms with van der Waals surface area (Å²) in [5.41, 5.74) is 1.94. The molecule has 18 heteroatoms. The minimum atomic E-state index is -2.30. The van der Waals surface area contributed by atoms with E-state index in [1.165, 1.54) is 55.2 Å². The average Bonchev–Trinajstić information content (AvgIpc) is 4.15. The Morgan fingerprint density at radius 2 is 1.55 bits per heavy atom. The van der Waals surface area contributed by atoms with Crippen molar-refractivity contribution in [3.05, 3.63) is 121 Å². The van der Waals surface area contributed by atoms with E-state index in [-0.39, 0.29) is 42.6 Å². The van der Waals surface area contributed by atoms with Crippen LogP contribution in [0.3, 0.4) is 0 Å². The third-order valence-corrected chi connectivity index (χ3v) is 18.1. The lowest BCUT2D eigenvalue weighted by Gasteiger charge is -2.38. The van der Waals surface area contributed by atoms with Gasteiger partial charge in [-0.1, -0.05) is 55.3 Å². The number of likely N-dealkylation sites (tertiary alicyclic amines) is 1. The molecule has 0 bridgehead atoms. The summed E-state index contributed by atoms with van der Waals surface area (Å²) in [6.07, 6.45) is 10.8. The molecule has 5 aromatic rings. The quantitative estimate of drug-likeness (QED) is 0.0599. The van der Waals surface area contributed by atoms with Crippen LogP contribution in [0.25, 0.3) is 0 Å². The second-order valence-corrected chi connectivity index (χ2v) is 23.2. The number of piperidine rings is 1. The summed E-state index contributed by atoms with van der Waals surface area (Å²) in [5.74, 6) is -0.504. The molecule has 5 heterocycles. The Kier molecular flexibility index (Phi) is 17.3. The van der Waals surface area contributed by atoms with Gasteiger partial charge in [0.1, 0.15) is 48.0 Å². The molecule has 2 N–H and O–H groups in total. The monoisotopic (exact) mass is 1040 g/mol. The number of carboxylic acid groups (broad SMARTS) is 1. The molecule has 3 unspecified atom stereocenters. The molecule has 1 amide bonds. The van der Waals surface area contributed by atoms with E-state index < -0.39 is 45.6 Å². The molecule has 4 aliphatic rings. The Morgan fingerprint density at radius 1 is 0.878 bits per heavy atom. The Balaban J connectivity index is 0.834. The lowest BCUT2D eigenvalue weighted by atomic mass is 9.94. The maximum absolute atomic E-state index is 15.2. The van der Waals surface area contributed by atoms with Crippen molar-refractivity contribution in [1.29, 1.82) is 0 Å². The first-order chi connectivity index (χ1) is 35.9. The third kappa shape index (κ3) is 12.4. The van der Waals surface area contributed by atoms with Crippen LogP contribution in [0, 0.1) is 17.6 Å². The van der Waals surface area contributed by atoms with Crippen molar-refractivity contribution < 1.29 is 42.4 Å². The number of ether oxygens (including phenoxy) is 4. The van der Waals surface area contributed by atoms with Crippen LogP contribution in [0.2, 0.25) is 0 Å². The zero-order valence-corrected chi connectivity index (χ0v) is 43.8. The lowest BCUT2D eigenvalue weighted by Crippen LogP contribution is -2.49. The topological polar surface area (TPSA) is 147 Å². The number of carbonyl (C=O) groups is 2. The van der Waals surface area contributed by atoms with Gasteiger partial charge in [0.05, 0.1) is 31.7 Å². The van der Waals surface area contributed by atoms with E-state index in [9.17, 15) is 14.3 Å². The number of piperazine rings is 1. The standard InChI is InChI=1S/C56H72F2N8O7S/c1-4-5-6-7-8-9-31-70-48-19-13-44(14-20-48)61-74(36-47(66(41(2)3)55(74)69)34-62-26-10-11-42(33-62)54(67)68)50-23-17-46(18-24-50)64-29-27-63(28-30-64)45-15-21-49(22-16-45)71-35-53-72-38-56(73-53,37-65-40-59-39-60-65)51-25-12-43(57)32-52(51)58/h12-25,32,39-42,47,53,61H,4-11,26-31,33-38H2,1-3H3,(H,67,68)/t42?,47?,53-,56+/m0/s1. The molecule has 9 rings (SSSR count). The largest absolute Gasteiger partial charge is 0.494 e. The van der Waals surface area contributed by atoms with Crippen molar-refractivity contribution in [2.45, 2.75) is 108 Å². The van der Waals surface area contributed by atoms with Crippen molar-refractivity contribution in [2.24, 2.45) is 5.92 Å². The van der Waals surface area contributed by atoms with E-state index in [0.29, 0.717) is 37.6 Å². The number of rotatable bonds is 23. The van der Waals surface area contributed by atoms with Crippen molar-refractivity contribution in [2.75, 3.05) is 85.9 Å². The fraction of sp³-hybridized carbons (Fsp3) is 0.500. The highest BCUT2D eigenvalue weighted by molar-refractivity contribution is 8.46. The van der Waals surface area contributed by atoms with Crippen molar-refractivity contribution in [3.63, 3.8) is 0 Å². The van der Waals surface area contributed by atoms with E-state index in [0.717, 1.165) is 85.8 Å². The second kappa shape index (κ2) is 24.2. The van der Waals surface area contributed by atoms with Crippen LogP contribution < -0.4 is 24.0 Å². The summed E-state index contributed by atoms with van der Waals surface area (Å²) in [6.45, 7) is 12.4. The Bertz CT molecular complexity index is 2610. The van der Waals surface area contributed by atoms with Crippen LogP contribution in [0.1, 0.15) is 77.7 Å². The zero-order valence-electron chi connectivity index (χ0n) is 43.0. The van der Waals surface area contributed by atoms with E-state index in [2.05, 4.69) is 79.4 Å². The van der Waals surface area contributed by atoms with Gasteiger partial charge in [0.2, 0.25) is 0 Å². The van der Waals surface area contributed by atoms with E-state index >= 15 is 9.18 Å². The lowest BCUT2D eigenvalue weighted by molar-refractivity contribution is -0.143. The van der Waals surface area contributed by atoms with Gasteiger partial charge >= 0.3 is 5.97 Å². The van der Waals surface area contributed by atoms with Gasteiger partial charge in [0.15, 0.2) is 6.29 Å². The summed E-state index contributed by atoms with van der Waals surface area (Å²) in [5, 5.41) is 14.1. The Morgan fingerprint density at radius 3 is 2.22 bits per heavy atom. The van der Waals surface area contributed by atoms with Crippen LogP contribution in [0.15, 0.2) is 109 Å². The van der Waals surface area contributed by atoms with Gasteiger partial charge in [-0.2, -0.15) is 5.10 Å². The number of carboxylic acids is 1. The number of carbonyl (C=O) groups excluding carboxylic acids is 1. The van der Waals surface area contributed by atoms with Gasteiger partial charge in [0.25, 0.3) is 5.24 Å². The smallest absolute Gasteiger partial charge is 0.307 e. The summed E-state index contributed by atoms with van der Waals surface area (Å²) in [6, 6.07) is 27.8. The Labute approximate surface area is 435 Å². The van der Waals surface area contributed by atoms with Gasteiger partial charge in [-0.25, -0.2) is 18.4 Å². The summed E-state index contributed by atoms with van der Waals surface area (Å²) in [7, 11) is -2.30. The number of amides is 1. The first-order valence-electron chi connectivity index (χ1n) is 26.4. The number of nitrogens with zero attached hydrogens (tertiary/aromatic N) is 7. The van der Waals surface area contributed by atoms with Gasteiger partial charge in [0, 0.05) is 84.7 Å². The van der Waals surface area contributed by atoms with E-state index in [1.54, 1.807) is 0 Å². The number of anilines is 3. The number of unbranched alkanes of at least 4 members (excludes halogenated alkanes) is 5. The molecule has 4 saturated heterocycles. The molecular weight excluding hydrogens is 967 g/mol. The fourth-order valence-corrected chi connectivity index (χ4v) is 14.4. The maximum atomic E-state index is 15.2. The molecular formula is C56H72F2N8O7S. The predicted molar refractivity (Wildman–Crippen MR) is 284 cm³/mol. The van der Waals surface area contributed by atoms with Crippen LogP contribution >= 0.6 is 10.2 Å². The maximum Gasteiger partial charge on any atom is 0.307 e. The SMILES string of the molecule is CCCCCCCCOc1ccc(NS2(c3ccc(N4CCN(c5ccc(OC[C@H]6OC[C@](Cn7cncn7)(c7ccc(F)cc7F)O6)cc5)CC4)cc3)CC(CN3CCCC(C(=O)O)C3)N(C(C)C)C2=O)cc1. The average molecular weight is 1040 g/mol. The molecule has 15 nitrogen and oxygen atoms in total. The van der Waals surface area contributed by atoms with Crippen LogP contribution in [0.5, 0.6) is 11.5 Å². The number of nitrogens with one attached hydrogen (secondary N) is 1. The number of aliphatic carboxylic acids is 1. The van der Waals surface area contributed by atoms with Crippen molar-refractivity contribution >= 4 is 38.5 Å². The Hall–Kier alpha value is -5.95. The molecule has 5 atom stereocenters. The van der Waals surface area contributed by atoms with E-state index in [4.69, 9.17) is 18.9 Å². The zero-order chi connectivity index (χ0) is 51.7. The minimum absolute atomic E-state index is 0.0115. The molecule has 0 aliphatic carbocycles. The molecule has 0 radical (unpaired) electrons. The molecule has 398 valence electrons. The van der Waals surface area contributed by atoms with Crippen molar-refractivity contribution in [3.8, 4) is 11.5 Å². The highest BCUT2D eigenvalue weighted by atomic mass is 32.3. The highest BCUT2D eigenvalue weighted by Gasteiger charge is 2.51. The van der Waals surface area contributed by atoms with Gasteiger partial charge in [-0.3, -0.25) is 9.59 Å². The van der Waals surface area contributed by atoms with Gasteiger partial charge < -0.3 is 48.4 Å². The first kappa shape index (κ1) is 52.9. The summed E-state index contributed by atoms with van der Waals surface area (Å²) < 4.78 is 58.8. The summed E-state index contributed by atoms with van der Waals surface area (Å²) in [4.78, 5) is 41.2. The minimum Gasteiger partial charge on any atom is -0.494 e. The summed E-state index contributed by atoms with van der Waals surface area (Å²) >= 11 is 0. The normalized spacial score (nSPS) is 24.3.